The lowest BCUT2D eigenvalue weighted by Crippen LogP contribution is -2.28. The summed E-state index contributed by atoms with van der Waals surface area (Å²) in [5, 5.41) is 13.2. The summed E-state index contributed by atoms with van der Waals surface area (Å²) in [6.07, 6.45) is 1.64. The average molecular weight is 271 g/mol. The number of carboxylic acid groups (broad SMARTS) is 1. The first kappa shape index (κ1) is 12.4. The van der Waals surface area contributed by atoms with Crippen LogP contribution in [0, 0.1) is 5.92 Å². The largest absolute Gasteiger partial charge is 0.481 e. The van der Waals surface area contributed by atoms with Crippen molar-refractivity contribution >= 4 is 17.7 Å². The molecule has 0 radical (unpaired) electrons. The maximum Gasteiger partial charge on any atom is 0.308 e. The van der Waals surface area contributed by atoms with Gasteiger partial charge in [0, 0.05) is 19.0 Å². The molecule has 1 aromatic carbocycles. The highest BCUT2D eigenvalue weighted by Crippen LogP contribution is 2.26. The van der Waals surface area contributed by atoms with Crippen molar-refractivity contribution in [2.24, 2.45) is 5.92 Å². The number of aliphatic carboxylic acids is 1. The molecule has 1 saturated heterocycles. The predicted octanol–water partition coefficient (Wildman–Crippen LogP) is 1.31. The summed E-state index contributed by atoms with van der Waals surface area (Å²) in [7, 11) is 0. The number of amides is 1. The molecule has 102 valence electrons. The second kappa shape index (κ2) is 4.80. The Kier molecular flexibility index (Phi) is 2.98. The van der Waals surface area contributed by atoms with Crippen molar-refractivity contribution in [2.75, 3.05) is 11.4 Å². The summed E-state index contributed by atoms with van der Waals surface area (Å²) in [4.78, 5) is 24.5. The van der Waals surface area contributed by atoms with E-state index in [4.69, 9.17) is 5.11 Å². The summed E-state index contributed by atoms with van der Waals surface area (Å²) in [6.45, 7) is 0.187. The van der Waals surface area contributed by atoms with Gasteiger partial charge in [-0.1, -0.05) is 18.2 Å². The maximum absolute atomic E-state index is 12.0. The van der Waals surface area contributed by atoms with Crippen molar-refractivity contribution in [3.8, 4) is 5.69 Å². The molecule has 1 N–H and O–H groups in total. The number of carboxylic acids is 1. The minimum atomic E-state index is -0.938. The topological polar surface area (TPSA) is 75.4 Å². The van der Waals surface area contributed by atoms with Crippen LogP contribution in [0.2, 0.25) is 0 Å². The van der Waals surface area contributed by atoms with Crippen LogP contribution in [0.1, 0.15) is 6.42 Å². The van der Waals surface area contributed by atoms with Crippen molar-refractivity contribution in [1.82, 2.24) is 9.78 Å². The predicted molar refractivity (Wildman–Crippen MR) is 71.7 cm³/mol. The molecule has 1 aromatic heterocycles. The Balaban J connectivity index is 1.95. The zero-order valence-electron chi connectivity index (χ0n) is 10.6. The van der Waals surface area contributed by atoms with E-state index in [1.54, 1.807) is 16.9 Å². The summed E-state index contributed by atoms with van der Waals surface area (Å²) >= 11 is 0. The molecule has 1 aliphatic rings. The Morgan fingerprint density at radius 3 is 2.65 bits per heavy atom. The molecule has 1 unspecified atom stereocenters. The van der Waals surface area contributed by atoms with Gasteiger partial charge in [-0.25, -0.2) is 4.68 Å². The van der Waals surface area contributed by atoms with Crippen molar-refractivity contribution in [3.63, 3.8) is 0 Å². The first-order valence-corrected chi connectivity index (χ1v) is 6.29. The first-order valence-electron chi connectivity index (χ1n) is 6.29. The highest BCUT2D eigenvalue weighted by Gasteiger charge is 2.36. The number of carbonyl (C=O) groups is 2. The number of para-hydroxylation sites is 1. The molecule has 0 saturated carbocycles. The third kappa shape index (κ3) is 2.05. The number of benzene rings is 1. The third-order valence-electron chi connectivity index (χ3n) is 3.37. The van der Waals surface area contributed by atoms with Gasteiger partial charge in [-0.2, -0.15) is 5.10 Å². The number of rotatable bonds is 3. The van der Waals surface area contributed by atoms with E-state index >= 15 is 0 Å². The summed E-state index contributed by atoms with van der Waals surface area (Å²) in [5.74, 6) is -1.17. The quantitative estimate of drug-likeness (QED) is 0.913. The molecule has 3 rings (SSSR count). The van der Waals surface area contributed by atoms with Gasteiger partial charge in [0.2, 0.25) is 5.91 Å². The van der Waals surface area contributed by atoms with E-state index in [9.17, 15) is 9.59 Å². The number of hydrogen-bond acceptors (Lipinski definition) is 3. The lowest BCUT2D eigenvalue weighted by molar-refractivity contribution is -0.141. The molecule has 2 heterocycles. The molecule has 2 aromatic rings. The smallest absolute Gasteiger partial charge is 0.308 e. The van der Waals surface area contributed by atoms with Gasteiger partial charge in [-0.3, -0.25) is 14.5 Å². The van der Waals surface area contributed by atoms with E-state index in [0.717, 1.165) is 5.69 Å². The van der Waals surface area contributed by atoms with Gasteiger partial charge < -0.3 is 5.11 Å². The van der Waals surface area contributed by atoms with Gasteiger partial charge in [0.15, 0.2) is 0 Å². The highest BCUT2D eigenvalue weighted by molar-refractivity contribution is 5.98. The van der Waals surface area contributed by atoms with Crippen molar-refractivity contribution in [2.45, 2.75) is 6.42 Å². The Bertz CT molecular complexity index is 651. The Morgan fingerprint density at radius 2 is 2.00 bits per heavy atom. The molecule has 1 aliphatic heterocycles. The SMILES string of the molecule is O=C(O)C1CC(=O)N(c2ccnn2-c2ccccc2)C1. The van der Waals surface area contributed by atoms with Crippen molar-refractivity contribution in [3.05, 3.63) is 42.6 Å². The third-order valence-corrected chi connectivity index (χ3v) is 3.37. The molecule has 0 spiro atoms. The standard InChI is InChI=1S/C14H13N3O3/c18-13-8-10(14(19)20)9-16(13)12-6-7-15-17(12)11-4-2-1-3-5-11/h1-7,10H,8-9H2,(H,19,20). The van der Waals surface area contributed by atoms with Crippen LogP contribution in [0.4, 0.5) is 5.82 Å². The lowest BCUT2D eigenvalue weighted by atomic mass is 10.1. The second-order valence-corrected chi connectivity index (χ2v) is 4.68. The minimum Gasteiger partial charge on any atom is -0.481 e. The molecule has 1 fully saturated rings. The van der Waals surface area contributed by atoms with Gasteiger partial charge in [-0.15, -0.1) is 0 Å². The summed E-state index contributed by atoms with van der Waals surface area (Å²) in [6, 6.07) is 11.1. The Morgan fingerprint density at radius 1 is 1.25 bits per heavy atom. The van der Waals surface area contributed by atoms with E-state index in [1.807, 2.05) is 30.3 Å². The fourth-order valence-electron chi connectivity index (χ4n) is 2.36. The van der Waals surface area contributed by atoms with Gasteiger partial charge in [-0.05, 0) is 12.1 Å². The molecular weight excluding hydrogens is 258 g/mol. The molecule has 0 bridgehead atoms. The van der Waals surface area contributed by atoms with Crippen LogP contribution in [0.3, 0.4) is 0 Å². The Hall–Kier alpha value is -2.63. The van der Waals surface area contributed by atoms with E-state index in [0.29, 0.717) is 5.82 Å². The number of carbonyl (C=O) groups excluding carboxylic acids is 1. The van der Waals surface area contributed by atoms with Crippen LogP contribution in [-0.4, -0.2) is 33.3 Å². The van der Waals surface area contributed by atoms with E-state index in [-0.39, 0.29) is 18.9 Å². The van der Waals surface area contributed by atoms with Crippen LogP contribution < -0.4 is 4.90 Å². The minimum absolute atomic E-state index is 0.0370. The van der Waals surface area contributed by atoms with Gasteiger partial charge in [0.25, 0.3) is 0 Å². The van der Waals surface area contributed by atoms with Crippen molar-refractivity contribution < 1.29 is 14.7 Å². The van der Waals surface area contributed by atoms with Gasteiger partial charge >= 0.3 is 5.97 Å². The number of hydrogen-bond donors (Lipinski definition) is 1. The molecule has 1 atom stereocenters. The first-order chi connectivity index (χ1) is 9.66. The number of nitrogens with zero attached hydrogens (tertiary/aromatic N) is 3. The Labute approximate surface area is 115 Å². The normalized spacial score (nSPS) is 18.5. The molecule has 20 heavy (non-hydrogen) atoms. The lowest BCUT2D eigenvalue weighted by Gasteiger charge is -2.17. The molecular formula is C14H13N3O3. The monoisotopic (exact) mass is 271 g/mol. The summed E-state index contributed by atoms with van der Waals surface area (Å²) < 4.78 is 1.64. The fraction of sp³-hybridized carbons (Fsp3) is 0.214. The molecule has 6 heteroatoms. The van der Waals surface area contributed by atoms with Crippen LogP contribution in [-0.2, 0) is 9.59 Å². The zero-order chi connectivity index (χ0) is 14.1. The maximum atomic E-state index is 12.0. The van der Waals surface area contributed by atoms with Gasteiger partial charge in [0.1, 0.15) is 5.82 Å². The average Bonchev–Trinajstić information content (AvgIpc) is 3.05. The van der Waals surface area contributed by atoms with Crippen molar-refractivity contribution in [1.29, 1.82) is 0 Å². The zero-order valence-corrected chi connectivity index (χ0v) is 10.6. The fourth-order valence-corrected chi connectivity index (χ4v) is 2.36. The van der Waals surface area contributed by atoms with Crippen LogP contribution in [0.5, 0.6) is 0 Å². The highest BCUT2D eigenvalue weighted by atomic mass is 16.4. The van der Waals surface area contributed by atoms with Crippen LogP contribution in [0.15, 0.2) is 42.6 Å². The number of anilines is 1. The van der Waals surface area contributed by atoms with E-state index < -0.39 is 11.9 Å². The van der Waals surface area contributed by atoms with E-state index in [2.05, 4.69) is 5.10 Å². The van der Waals surface area contributed by atoms with E-state index in [1.165, 1.54) is 4.90 Å². The van der Waals surface area contributed by atoms with Crippen LogP contribution >= 0.6 is 0 Å². The number of aromatic nitrogens is 2. The second-order valence-electron chi connectivity index (χ2n) is 4.68. The molecule has 1 amide bonds. The van der Waals surface area contributed by atoms with Crippen LogP contribution in [0.25, 0.3) is 5.69 Å². The van der Waals surface area contributed by atoms with Gasteiger partial charge in [0.05, 0.1) is 17.8 Å². The molecule has 6 nitrogen and oxygen atoms in total. The summed E-state index contributed by atoms with van der Waals surface area (Å²) in [5.41, 5.74) is 0.832. The molecule has 0 aliphatic carbocycles.